The van der Waals surface area contributed by atoms with Gasteiger partial charge >= 0.3 is 0 Å². The van der Waals surface area contributed by atoms with Crippen LogP contribution in [-0.2, 0) is 9.47 Å². The van der Waals surface area contributed by atoms with E-state index in [9.17, 15) is 0 Å². The minimum atomic E-state index is 0.333. The standard InChI is InChI=1S/C10H14O2/c1-3-5-9(4-2)6-11-7-10-8-12-10/h3-5,10H,1-2,6-8H2. The van der Waals surface area contributed by atoms with Crippen LogP contribution in [0.3, 0.4) is 0 Å². The molecule has 1 aliphatic heterocycles. The molecule has 12 heavy (non-hydrogen) atoms. The van der Waals surface area contributed by atoms with Crippen molar-refractivity contribution in [1.29, 1.82) is 0 Å². The highest BCUT2D eigenvalue weighted by Crippen LogP contribution is 2.09. The van der Waals surface area contributed by atoms with Gasteiger partial charge in [-0.15, -0.1) is 0 Å². The van der Waals surface area contributed by atoms with Gasteiger partial charge in [-0.1, -0.05) is 31.4 Å². The molecule has 0 aliphatic carbocycles. The molecule has 0 bridgehead atoms. The van der Waals surface area contributed by atoms with E-state index in [1.165, 1.54) is 0 Å². The van der Waals surface area contributed by atoms with Crippen LogP contribution in [0.15, 0.2) is 37.0 Å². The Balaban J connectivity index is 2.12. The molecule has 2 nitrogen and oxygen atoms in total. The van der Waals surface area contributed by atoms with Gasteiger partial charge in [0, 0.05) is 0 Å². The SMILES string of the molecule is C=CC=C(C=C)COCC1CO1. The van der Waals surface area contributed by atoms with Crippen LogP contribution in [-0.4, -0.2) is 25.9 Å². The van der Waals surface area contributed by atoms with Crippen LogP contribution in [0, 0.1) is 0 Å². The van der Waals surface area contributed by atoms with E-state index in [2.05, 4.69) is 13.2 Å². The van der Waals surface area contributed by atoms with E-state index >= 15 is 0 Å². The predicted molar refractivity (Wildman–Crippen MR) is 49.0 cm³/mol. The molecule has 66 valence electrons. The third-order valence-corrected chi connectivity index (χ3v) is 1.57. The molecule has 0 aromatic heterocycles. The van der Waals surface area contributed by atoms with Gasteiger partial charge in [0.1, 0.15) is 6.10 Å². The lowest BCUT2D eigenvalue weighted by atomic mass is 10.2. The predicted octanol–water partition coefficient (Wildman–Crippen LogP) is 1.70. The van der Waals surface area contributed by atoms with Crippen LogP contribution >= 0.6 is 0 Å². The number of hydrogen-bond donors (Lipinski definition) is 0. The maximum atomic E-state index is 5.35. The molecule has 1 rings (SSSR count). The zero-order chi connectivity index (χ0) is 8.81. The van der Waals surface area contributed by atoms with Crippen molar-refractivity contribution in [2.24, 2.45) is 0 Å². The molecule has 0 amide bonds. The Morgan fingerprint density at radius 2 is 2.33 bits per heavy atom. The van der Waals surface area contributed by atoms with Crippen LogP contribution in [0.25, 0.3) is 0 Å². The first kappa shape index (κ1) is 9.23. The van der Waals surface area contributed by atoms with Crippen molar-refractivity contribution in [2.45, 2.75) is 6.10 Å². The maximum absolute atomic E-state index is 5.35. The second-order valence-corrected chi connectivity index (χ2v) is 2.65. The molecule has 0 aromatic rings. The van der Waals surface area contributed by atoms with Crippen LogP contribution in [0.5, 0.6) is 0 Å². The lowest BCUT2D eigenvalue weighted by Crippen LogP contribution is -2.03. The Morgan fingerprint density at radius 3 is 2.83 bits per heavy atom. The Bertz CT molecular complexity index is 190. The van der Waals surface area contributed by atoms with Gasteiger partial charge in [-0.3, -0.25) is 0 Å². The molecule has 1 fully saturated rings. The number of epoxide rings is 1. The summed E-state index contributed by atoms with van der Waals surface area (Å²) in [5, 5.41) is 0. The molecule has 1 saturated heterocycles. The molecular formula is C10H14O2. The molecule has 1 aliphatic rings. The molecular weight excluding hydrogens is 152 g/mol. The van der Waals surface area contributed by atoms with Crippen LogP contribution in [0.1, 0.15) is 0 Å². The van der Waals surface area contributed by atoms with E-state index in [1.807, 2.05) is 6.08 Å². The molecule has 0 spiro atoms. The summed E-state index contributed by atoms with van der Waals surface area (Å²) in [5.74, 6) is 0. The van der Waals surface area contributed by atoms with Gasteiger partial charge in [-0.2, -0.15) is 0 Å². The highest BCUT2D eigenvalue weighted by atomic mass is 16.6. The second kappa shape index (κ2) is 4.91. The van der Waals surface area contributed by atoms with E-state index < -0.39 is 0 Å². The first-order valence-electron chi connectivity index (χ1n) is 4.00. The molecule has 2 heteroatoms. The van der Waals surface area contributed by atoms with Crippen molar-refractivity contribution in [1.82, 2.24) is 0 Å². The van der Waals surface area contributed by atoms with Crippen molar-refractivity contribution >= 4 is 0 Å². The van der Waals surface area contributed by atoms with Gasteiger partial charge in [0.05, 0.1) is 19.8 Å². The lowest BCUT2D eigenvalue weighted by Gasteiger charge is -2.01. The quantitative estimate of drug-likeness (QED) is 0.442. The van der Waals surface area contributed by atoms with Crippen molar-refractivity contribution < 1.29 is 9.47 Å². The lowest BCUT2D eigenvalue weighted by molar-refractivity contribution is 0.137. The molecule has 1 atom stereocenters. The van der Waals surface area contributed by atoms with Crippen molar-refractivity contribution in [2.75, 3.05) is 19.8 Å². The van der Waals surface area contributed by atoms with E-state index in [1.54, 1.807) is 12.2 Å². The van der Waals surface area contributed by atoms with Crippen molar-refractivity contribution in [3.05, 3.63) is 37.0 Å². The first-order chi connectivity index (χ1) is 5.86. The van der Waals surface area contributed by atoms with Gasteiger partial charge in [-0.05, 0) is 5.57 Å². The number of ether oxygens (including phenoxy) is 2. The molecule has 0 saturated carbocycles. The highest BCUT2D eigenvalue weighted by molar-refractivity contribution is 5.21. The third-order valence-electron chi connectivity index (χ3n) is 1.57. The Morgan fingerprint density at radius 1 is 1.58 bits per heavy atom. The molecule has 1 unspecified atom stereocenters. The molecule has 0 radical (unpaired) electrons. The summed E-state index contributed by atoms with van der Waals surface area (Å²) in [6, 6.07) is 0. The Labute approximate surface area is 73.2 Å². The highest BCUT2D eigenvalue weighted by Gasteiger charge is 2.22. The van der Waals surface area contributed by atoms with Crippen LogP contribution in [0.4, 0.5) is 0 Å². The van der Waals surface area contributed by atoms with Gasteiger partial charge < -0.3 is 9.47 Å². The topological polar surface area (TPSA) is 21.8 Å². The summed E-state index contributed by atoms with van der Waals surface area (Å²) in [7, 11) is 0. The largest absolute Gasteiger partial charge is 0.374 e. The average molecular weight is 166 g/mol. The van der Waals surface area contributed by atoms with Gasteiger partial charge in [0.2, 0.25) is 0 Å². The van der Waals surface area contributed by atoms with Gasteiger partial charge in [-0.25, -0.2) is 0 Å². The Hall–Kier alpha value is -0.860. The van der Waals surface area contributed by atoms with E-state index in [-0.39, 0.29) is 0 Å². The second-order valence-electron chi connectivity index (χ2n) is 2.65. The van der Waals surface area contributed by atoms with E-state index in [0.717, 1.165) is 12.2 Å². The summed E-state index contributed by atoms with van der Waals surface area (Å²) < 4.78 is 10.3. The minimum Gasteiger partial charge on any atom is -0.374 e. The maximum Gasteiger partial charge on any atom is 0.104 e. The summed E-state index contributed by atoms with van der Waals surface area (Å²) in [5.41, 5.74) is 1.05. The zero-order valence-electron chi connectivity index (χ0n) is 7.16. The molecule has 1 heterocycles. The zero-order valence-corrected chi connectivity index (χ0v) is 7.16. The smallest absolute Gasteiger partial charge is 0.104 e. The van der Waals surface area contributed by atoms with Crippen molar-refractivity contribution in [3.8, 4) is 0 Å². The molecule has 0 aromatic carbocycles. The number of rotatable bonds is 6. The summed E-state index contributed by atoms with van der Waals surface area (Å²) in [4.78, 5) is 0. The third kappa shape index (κ3) is 3.51. The van der Waals surface area contributed by atoms with Gasteiger partial charge in [0.15, 0.2) is 0 Å². The fourth-order valence-corrected chi connectivity index (χ4v) is 0.799. The van der Waals surface area contributed by atoms with E-state index in [4.69, 9.17) is 9.47 Å². The van der Waals surface area contributed by atoms with Gasteiger partial charge in [0.25, 0.3) is 0 Å². The van der Waals surface area contributed by atoms with Crippen LogP contribution < -0.4 is 0 Å². The van der Waals surface area contributed by atoms with Crippen molar-refractivity contribution in [3.63, 3.8) is 0 Å². The first-order valence-corrected chi connectivity index (χ1v) is 4.00. The fourth-order valence-electron chi connectivity index (χ4n) is 0.799. The summed E-state index contributed by atoms with van der Waals surface area (Å²) in [6.45, 7) is 9.38. The fraction of sp³-hybridized carbons (Fsp3) is 0.400. The van der Waals surface area contributed by atoms with Crippen LogP contribution in [0.2, 0.25) is 0 Å². The summed E-state index contributed by atoms with van der Waals surface area (Å²) >= 11 is 0. The Kier molecular flexibility index (Phi) is 3.77. The van der Waals surface area contributed by atoms with E-state index in [0.29, 0.717) is 19.3 Å². The number of allylic oxidation sites excluding steroid dienone is 2. The number of hydrogen-bond acceptors (Lipinski definition) is 2. The average Bonchev–Trinajstić information content (AvgIpc) is 2.87. The monoisotopic (exact) mass is 166 g/mol. The molecule has 0 N–H and O–H groups in total. The minimum absolute atomic E-state index is 0.333. The normalized spacial score (nSPS) is 22.0. The summed E-state index contributed by atoms with van der Waals surface area (Å²) in [6.07, 6.45) is 5.73.